The summed E-state index contributed by atoms with van der Waals surface area (Å²) in [5, 5.41) is 0. The van der Waals surface area contributed by atoms with E-state index in [2.05, 4.69) is 106 Å². The van der Waals surface area contributed by atoms with E-state index in [0.29, 0.717) is 19.3 Å². The Balaban J connectivity index is 4.48. The van der Waals surface area contributed by atoms with Crippen LogP contribution in [0.5, 0.6) is 0 Å². The van der Waals surface area contributed by atoms with Crippen molar-refractivity contribution in [1.29, 1.82) is 0 Å². The molecule has 0 unspecified atom stereocenters. The number of carbonyl (C=O) groups excluding carboxylic acids is 3. The third-order valence-electron chi connectivity index (χ3n) is 12.3. The first-order chi connectivity index (χ1) is 34.0. The zero-order valence-corrected chi connectivity index (χ0v) is 45.3. The summed E-state index contributed by atoms with van der Waals surface area (Å²) in [6, 6.07) is 0. The van der Waals surface area contributed by atoms with Crippen molar-refractivity contribution in [2.45, 2.75) is 284 Å². The lowest BCUT2D eigenvalue weighted by Gasteiger charge is -2.18. The predicted octanol–water partition coefficient (Wildman–Crippen LogP) is 19.5. The molecule has 0 spiro atoms. The fraction of sp³-hybridized carbons (Fsp3) is 0.730. The van der Waals surface area contributed by atoms with Gasteiger partial charge in [-0.2, -0.15) is 0 Å². The average molecular weight is 962 g/mol. The van der Waals surface area contributed by atoms with Crippen molar-refractivity contribution >= 4 is 17.9 Å². The van der Waals surface area contributed by atoms with Crippen LogP contribution in [0.15, 0.2) is 85.1 Å². The van der Waals surface area contributed by atoms with Crippen LogP contribution in [0.4, 0.5) is 0 Å². The van der Waals surface area contributed by atoms with Gasteiger partial charge in [0.1, 0.15) is 13.2 Å². The number of hydrogen-bond acceptors (Lipinski definition) is 6. The smallest absolute Gasteiger partial charge is 0.306 e. The largest absolute Gasteiger partial charge is 0.462 e. The number of allylic oxidation sites excluding steroid dienone is 14. The Morgan fingerprint density at radius 2 is 0.536 bits per heavy atom. The molecule has 0 aromatic carbocycles. The predicted molar refractivity (Wildman–Crippen MR) is 297 cm³/mol. The van der Waals surface area contributed by atoms with Gasteiger partial charge in [-0.1, -0.05) is 228 Å². The minimum Gasteiger partial charge on any atom is -0.462 e. The maximum atomic E-state index is 12.9. The van der Waals surface area contributed by atoms with Crippen LogP contribution in [-0.2, 0) is 28.6 Å². The van der Waals surface area contributed by atoms with Crippen molar-refractivity contribution in [2.75, 3.05) is 13.2 Å². The van der Waals surface area contributed by atoms with E-state index in [0.717, 1.165) is 77.0 Å². The summed E-state index contributed by atoms with van der Waals surface area (Å²) >= 11 is 0. The van der Waals surface area contributed by atoms with Crippen LogP contribution in [0.2, 0.25) is 0 Å². The van der Waals surface area contributed by atoms with Gasteiger partial charge >= 0.3 is 17.9 Å². The second-order valence-electron chi connectivity index (χ2n) is 19.2. The van der Waals surface area contributed by atoms with Gasteiger partial charge in [0.15, 0.2) is 6.10 Å². The third kappa shape index (κ3) is 55.4. The second kappa shape index (κ2) is 57.2. The van der Waals surface area contributed by atoms with Gasteiger partial charge < -0.3 is 14.2 Å². The molecule has 0 bridgehead atoms. The van der Waals surface area contributed by atoms with E-state index in [1.165, 1.54) is 154 Å². The highest BCUT2D eigenvalue weighted by molar-refractivity contribution is 5.71. The van der Waals surface area contributed by atoms with Crippen molar-refractivity contribution in [1.82, 2.24) is 0 Å². The zero-order valence-electron chi connectivity index (χ0n) is 45.3. The number of ether oxygens (including phenoxy) is 3. The monoisotopic (exact) mass is 961 g/mol. The van der Waals surface area contributed by atoms with Crippen molar-refractivity contribution in [3.63, 3.8) is 0 Å². The number of esters is 3. The summed E-state index contributed by atoms with van der Waals surface area (Å²) in [6.07, 6.45) is 74.3. The molecule has 0 rings (SSSR count). The lowest BCUT2D eigenvalue weighted by Crippen LogP contribution is -2.30. The molecule has 0 fully saturated rings. The molecule has 0 aromatic rings. The zero-order chi connectivity index (χ0) is 50.0. The van der Waals surface area contributed by atoms with E-state index in [9.17, 15) is 14.4 Å². The quantitative estimate of drug-likeness (QED) is 0.0262. The number of rotatable bonds is 52. The molecule has 396 valence electrons. The Bertz CT molecular complexity index is 1330. The number of hydrogen-bond donors (Lipinski definition) is 0. The van der Waals surface area contributed by atoms with Crippen LogP contribution in [0.1, 0.15) is 278 Å². The minimum atomic E-state index is -0.805. The van der Waals surface area contributed by atoms with Gasteiger partial charge in [0, 0.05) is 19.3 Å². The summed E-state index contributed by atoms with van der Waals surface area (Å²) in [7, 11) is 0. The van der Waals surface area contributed by atoms with Gasteiger partial charge in [-0.05, 0) is 116 Å². The number of unbranched alkanes of at least 4 members (excludes halogenated alkanes) is 27. The molecule has 0 heterocycles. The fourth-order valence-corrected chi connectivity index (χ4v) is 7.93. The van der Waals surface area contributed by atoms with Gasteiger partial charge in [-0.3, -0.25) is 14.4 Å². The first-order valence-corrected chi connectivity index (χ1v) is 29.1. The standard InChI is InChI=1S/C63H108O6/c1-4-7-10-13-16-19-22-25-28-30-31-33-36-39-42-45-48-51-54-57-63(66)69-60(58-67-61(64)55-52-49-46-43-40-37-34-27-24-21-18-15-12-9-6-3)59-68-62(65)56-53-50-47-44-41-38-35-32-29-26-23-20-17-14-11-8-5-2/h16-17,19-20,25-29,34-35,38,44,47,60H,4-15,18,21-24,30-33,36-37,39-43,45-46,48-59H2,1-3H3/b19-16-,20-17-,28-25-,29-26-,34-27-,38-35-,47-44-/t60-/m0/s1. The first kappa shape index (κ1) is 65.6. The third-order valence-corrected chi connectivity index (χ3v) is 12.3. The van der Waals surface area contributed by atoms with E-state index in [-0.39, 0.29) is 37.5 Å². The Morgan fingerprint density at radius 1 is 0.290 bits per heavy atom. The van der Waals surface area contributed by atoms with E-state index in [1.807, 2.05) is 0 Å². The van der Waals surface area contributed by atoms with Crippen LogP contribution >= 0.6 is 0 Å². The number of carbonyl (C=O) groups is 3. The first-order valence-electron chi connectivity index (χ1n) is 29.1. The molecule has 0 saturated carbocycles. The van der Waals surface area contributed by atoms with E-state index in [1.54, 1.807) is 0 Å². The van der Waals surface area contributed by atoms with Gasteiger partial charge in [0.2, 0.25) is 0 Å². The molecule has 69 heavy (non-hydrogen) atoms. The van der Waals surface area contributed by atoms with Crippen molar-refractivity contribution in [3.05, 3.63) is 85.1 Å². The summed E-state index contributed by atoms with van der Waals surface area (Å²) in [5.41, 5.74) is 0. The molecule has 0 radical (unpaired) electrons. The van der Waals surface area contributed by atoms with Crippen molar-refractivity contribution in [3.8, 4) is 0 Å². The SMILES string of the molecule is CCCCC/C=C\C/C=C\C/C=C\C/C=C\CCCC(=O)OC[C@H](COC(=O)CCCCCCC/C=C\CCCCCCCC)OC(=O)CCCCCCCCCCC/C=C\C/C=C\CCCCC. The molecule has 0 aromatic heterocycles. The maximum Gasteiger partial charge on any atom is 0.306 e. The molecule has 6 heteroatoms. The summed E-state index contributed by atoms with van der Waals surface area (Å²) < 4.78 is 16.8. The molecule has 0 aliphatic heterocycles. The topological polar surface area (TPSA) is 78.9 Å². The molecular formula is C63H108O6. The van der Waals surface area contributed by atoms with Crippen LogP contribution < -0.4 is 0 Å². The van der Waals surface area contributed by atoms with Gasteiger partial charge in [-0.25, -0.2) is 0 Å². The molecule has 6 nitrogen and oxygen atoms in total. The Hall–Kier alpha value is -3.41. The normalized spacial score (nSPS) is 12.7. The molecule has 0 amide bonds. The lowest BCUT2D eigenvalue weighted by atomic mass is 10.1. The van der Waals surface area contributed by atoms with Crippen molar-refractivity contribution in [2.24, 2.45) is 0 Å². The molecule has 0 N–H and O–H groups in total. The van der Waals surface area contributed by atoms with Gasteiger partial charge in [0.05, 0.1) is 0 Å². The van der Waals surface area contributed by atoms with Gasteiger partial charge in [-0.15, -0.1) is 0 Å². The highest BCUT2D eigenvalue weighted by Crippen LogP contribution is 2.14. The molecule has 0 aliphatic rings. The molecule has 0 aliphatic carbocycles. The highest BCUT2D eigenvalue weighted by Gasteiger charge is 2.19. The molecule has 1 atom stereocenters. The summed E-state index contributed by atoms with van der Waals surface area (Å²) in [4.78, 5) is 38.2. The average Bonchev–Trinajstić information content (AvgIpc) is 3.35. The Morgan fingerprint density at radius 3 is 0.913 bits per heavy atom. The minimum absolute atomic E-state index is 0.0992. The van der Waals surface area contributed by atoms with Crippen LogP contribution in [0.25, 0.3) is 0 Å². The van der Waals surface area contributed by atoms with Crippen LogP contribution in [0, 0.1) is 0 Å². The summed E-state index contributed by atoms with van der Waals surface area (Å²) in [5.74, 6) is -0.964. The van der Waals surface area contributed by atoms with E-state index in [4.69, 9.17) is 14.2 Å². The molecular weight excluding hydrogens is 853 g/mol. The second-order valence-corrected chi connectivity index (χ2v) is 19.2. The van der Waals surface area contributed by atoms with E-state index < -0.39 is 6.10 Å². The lowest BCUT2D eigenvalue weighted by molar-refractivity contribution is -0.167. The van der Waals surface area contributed by atoms with Crippen LogP contribution in [0.3, 0.4) is 0 Å². The Labute approximate surface area is 426 Å². The summed E-state index contributed by atoms with van der Waals surface area (Å²) in [6.45, 7) is 6.54. The molecule has 0 saturated heterocycles. The van der Waals surface area contributed by atoms with E-state index >= 15 is 0 Å². The maximum absolute atomic E-state index is 12.9. The highest BCUT2D eigenvalue weighted by atomic mass is 16.6. The Kier molecular flexibility index (Phi) is 54.3. The van der Waals surface area contributed by atoms with Gasteiger partial charge in [0.25, 0.3) is 0 Å². The van der Waals surface area contributed by atoms with Crippen LogP contribution in [-0.4, -0.2) is 37.2 Å². The fourth-order valence-electron chi connectivity index (χ4n) is 7.93. The van der Waals surface area contributed by atoms with Crippen molar-refractivity contribution < 1.29 is 28.6 Å².